The largest absolute Gasteiger partial charge is 0.324 e. The molecule has 1 atom stereocenters. The Labute approximate surface area is 99.5 Å². The van der Waals surface area contributed by atoms with Gasteiger partial charge in [-0.25, -0.2) is 0 Å². The van der Waals surface area contributed by atoms with Gasteiger partial charge in [0.2, 0.25) is 5.91 Å². The van der Waals surface area contributed by atoms with Gasteiger partial charge in [-0.3, -0.25) is 14.5 Å². The van der Waals surface area contributed by atoms with E-state index in [-0.39, 0.29) is 11.9 Å². The number of carbonyl (C=O) groups is 1. The SMILES string of the molecule is Cc1ccn(C(C)C(=O)Nc2ccncc2)n1. The van der Waals surface area contributed by atoms with E-state index in [1.807, 2.05) is 19.9 Å². The molecular weight excluding hydrogens is 216 g/mol. The molecule has 0 bridgehead atoms. The number of hydrogen-bond acceptors (Lipinski definition) is 3. The van der Waals surface area contributed by atoms with Crippen molar-refractivity contribution in [3.63, 3.8) is 0 Å². The van der Waals surface area contributed by atoms with Gasteiger partial charge in [0.05, 0.1) is 5.69 Å². The van der Waals surface area contributed by atoms with E-state index in [0.29, 0.717) is 0 Å². The summed E-state index contributed by atoms with van der Waals surface area (Å²) in [4.78, 5) is 15.8. The van der Waals surface area contributed by atoms with E-state index in [4.69, 9.17) is 0 Å². The summed E-state index contributed by atoms with van der Waals surface area (Å²) in [5.74, 6) is -0.0979. The van der Waals surface area contributed by atoms with Crippen LogP contribution in [0.15, 0.2) is 36.8 Å². The number of nitrogens with zero attached hydrogens (tertiary/aromatic N) is 3. The Bertz CT molecular complexity index is 506. The molecule has 5 nitrogen and oxygen atoms in total. The van der Waals surface area contributed by atoms with E-state index < -0.39 is 0 Å². The topological polar surface area (TPSA) is 59.8 Å². The molecule has 2 aromatic heterocycles. The molecule has 2 heterocycles. The van der Waals surface area contributed by atoms with Crippen LogP contribution in [-0.2, 0) is 4.79 Å². The first kappa shape index (κ1) is 11.3. The minimum Gasteiger partial charge on any atom is -0.324 e. The molecular formula is C12H14N4O. The maximum absolute atomic E-state index is 11.9. The van der Waals surface area contributed by atoms with E-state index in [1.165, 1.54) is 0 Å². The summed E-state index contributed by atoms with van der Waals surface area (Å²) in [7, 11) is 0. The highest BCUT2D eigenvalue weighted by molar-refractivity contribution is 5.93. The molecule has 0 aliphatic carbocycles. The van der Waals surface area contributed by atoms with Crippen LogP contribution in [0.2, 0.25) is 0 Å². The summed E-state index contributed by atoms with van der Waals surface area (Å²) >= 11 is 0. The van der Waals surface area contributed by atoms with Crippen molar-refractivity contribution in [3.8, 4) is 0 Å². The molecule has 0 fully saturated rings. The van der Waals surface area contributed by atoms with Crippen LogP contribution < -0.4 is 5.32 Å². The molecule has 1 N–H and O–H groups in total. The maximum Gasteiger partial charge on any atom is 0.248 e. The van der Waals surface area contributed by atoms with Gasteiger partial charge in [0, 0.05) is 24.3 Å². The summed E-state index contributed by atoms with van der Waals surface area (Å²) in [6.07, 6.45) is 5.07. The van der Waals surface area contributed by atoms with Gasteiger partial charge in [0.15, 0.2) is 0 Å². The second-order valence-corrected chi connectivity index (χ2v) is 3.84. The third-order valence-electron chi connectivity index (χ3n) is 2.47. The highest BCUT2D eigenvalue weighted by atomic mass is 16.2. The van der Waals surface area contributed by atoms with E-state index in [2.05, 4.69) is 15.4 Å². The first-order chi connectivity index (χ1) is 8.16. The maximum atomic E-state index is 11.9. The van der Waals surface area contributed by atoms with Crippen LogP contribution in [0.5, 0.6) is 0 Å². The third-order valence-corrected chi connectivity index (χ3v) is 2.47. The Morgan fingerprint density at radius 2 is 2.06 bits per heavy atom. The molecule has 1 amide bonds. The number of nitrogens with one attached hydrogen (secondary N) is 1. The highest BCUT2D eigenvalue weighted by Crippen LogP contribution is 2.10. The fourth-order valence-corrected chi connectivity index (χ4v) is 1.45. The lowest BCUT2D eigenvalue weighted by molar-refractivity contribution is -0.119. The van der Waals surface area contributed by atoms with Gasteiger partial charge in [-0.05, 0) is 32.0 Å². The molecule has 0 spiro atoms. The highest BCUT2D eigenvalue weighted by Gasteiger charge is 2.15. The number of carbonyl (C=O) groups excluding carboxylic acids is 1. The number of aromatic nitrogens is 3. The summed E-state index contributed by atoms with van der Waals surface area (Å²) in [5, 5.41) is 7.03. The molecule has 88 valence electrons. The van der Waals surface area contributed by atoms with Crippen LogP contribution in [0.25, 0.3) is 0 Å². The molecule has 0 saturated heterocycles. The summed E-state index contributed by atoms with van der Waals surface area (Å²) in [6, 6.07) is 5.03. The van der Waals surface area contributed by atoms with Crippen molar-refractivity contribution < 1.29 is 4.79 Å². The Hall–Kier alpha value is -2.17. The van der Waals surface area contributed by atoms with Crippen LogP contribution in [0.1, 0.15) is 18.7 Å². The fourth-order valence-electron chi connectivity index (χ4n) is 1.45. The lowest BCUT2D eigenvalue weighted by Crippen LogP contribution is -2.24. The van der Waals surface area contributed by atoms with E-state index in [0.717, 1.165) is 11.4 Å². The normalized spacial score (nSPS) is 12.1. The molecule has 17 heavy (non-hydrogen) atoms. The van der Waals surface area contributed by atoms with Crippen molar-refractivity contribution in [2.24, 2.45) is 0 Å². The number of aryl methyl sites for hydroxylation is 1. The fraction of sp³-hybridized carbons (Fsp3) is 0.250. The average molecular weight is 230 g/mol. The molecule has 0 saturated carbocycles. The lowest BCUT2D eigenvalue weighted by Gasteiger charge is -2.12. The quantitative estimate of drug-likeness (QED) is 0.874. The van der Waals surface area contributed by atoms with Crippen molar-refractivity contribution in [3.05, 3.63) is 42.5 Å². The molecule has 0 aliphatic heterocycles. The molecule has 0 radical (unpaired) electrons. The van der Waals surface area contributed by atoms with E-state index >= 15 is 0 Å². The number of amides is 1. The van der Waals surface area contributed by atoms with Crippen molar-refractivity contribution >= 4 is 11.6 Å². The standard InChI is InChI=1S/C12H14N4O/c1-9-5-8-16(15-9)10(2)12(17)14-11-3-6-13-7-4-11/h3-8,10H,1-2H3,(H,13,14,17). The van der Waals surface area contributed by atoms with Crippen molar-refractivity contribution in [2.45, 2.75) is 19.9 Å². The monoisotopic (exact) mass is 230 g/mol. The van der Waals surface area contributed by atoms with Crippen molar-refractivity contribution in [1.29, 1.82) is 0 Å². The van der Waals surface area contributed by atoms with Crippen LogP contribution in [0.3, 0.4) is 0 Å². The van der Waals surface area contributed by atoms with Gasteiger partial charge in [0.1, 0.15) is 6.04 Å². The molecule has 5 heteroatoms. The first-order valence-corrected chi connectivity index (χ1v) is 5.39. The van der Waals surface area contributed by atoms with E-state index in [1.54, 1.807) is 35.4 Å². The van der Waals surface area contributed by atoms with Crippen LogP contribution in [0, 0.1) is 6.92 Å². The second-order valence-electron chi connectivity index (χ2n) is 3.84. The predicted octanol–water partition coefficient (Wildman–Crippen LogP) is 1.79. The number of hydrogen-bond donors (Lipinski definition) is 1. The van der Waals surface area contributed by atoms with Gasteiger partial charge >= 0.3 is 0 Å². The predicted molar refractivity (Wildman–Crippen MR) is 64.5 cm³/mol. The molecule has 1 unspecified atom stereocenters. The smallest absolute Gasteiger partial charge is 0.248 e. The van der Waals surface area contributed by atoms with Gasteiger partial charge in [-0.2, -0.15) is 5.10 Å². The van der Waals surface area contributed by atoms with Crippen molar-refractivity contribution in [1.82, 2.24) is 14.8 Å². The zero-order valence-electron chi connectivity index (χ0n) is 9.79. The Balaban J connectivity index is 2.06. The zero-order valence-corrected chi connectivity index (χ0v) is 9.79. The lowest BCUT2D eigenvalue weighted by atomic mass is 10.3. The number of pyridine rings is 1. The zero-order chi connectivity index (χ0) is 12.3. The minimum absolute atomic E-state index is 0.0979. The Morgan fingerprint density at radius 1 is 1.35 bits per heavy atom. The van der Waals surface area contributed by atoms with Crippen LogP contribution >= 0.6 is 0 Å². The number of anilines is 1. The Kier molecular flexibility index (Phi) is 3.18. The third kappa shape index (κ3) is 2.69. The average Bonchev–Trinajstić information content (AvgIpc) is 2.76. The van der Waals surface area contributed by atoms with Gasteiger partial charge < -0.3 is 5.32 Å². The number of rotatable bonds is 3. The van der Waals surface area contributed by atoms with Gasteiger partial charge in [0.25, 0.3) is 0 Å². The second kappa shape index (κ2) is 4.78. The molecule has 2 aromatic rings. The summed E-state index contributed by atoms with van der Waals surface area (Å²) in [5.41, 5.74) is 1.63. The van der Waals surface area contributed by atoms with Gasteiger partial charge in [-0.15, -0.1) is 0 Å². The van der Waals surface area contributed by atoms with Crippen LogP contribution in [0.4, 0.5) is 5.69 Å². The molecule has 2 rings (SSSR count). The minimum atomic E-state index is -0.336. The van der Waals surface area contributed by atoms with Crippen LogP contribution in [-0.4, -0.2) is 20.7 Å². The first-order valence-electron chi connectivity index (χ1n) is 5.39. The Morgan fingerprint density at radius 3 is 2.65 bits per heavy atom. The summed E-state index contributed by atoms with van der Waals surface area (Å²) < 4.78 is 1.64. The molecule has 0 aliphatic rings. The molecule has 0 aromatic carbocycles. The van der Waals surface area contributed by atoms with Gasteiger partial charge in [-0.1, -0.05) is 0 Å². The van der Waals surface area contributed by atoms with E-state index in [9.17, 15) is 4.79 Å². The van der Waals surface area contributed by atoms with Crippen molar-refractivity contribution in [2.75, 3.05) is 5.32 Å². The summed E-state index contributed by atoms with van der Waals surface area (Å²) in [6.45, 7) is 3.70.